The van der Waals surface area contributed by atoms with Crippen molar-refractivity contribution in [2.45, 2.75) is 0 Å². The van der Waals surface area contributed by atoms with E-state index in [0.717, 1.165) is 11.1 Å². The number of fused-ring (bicyclic) bond motifs is 6. The number of hydrogen-bond acceptors (Lipinski definition) is 0. The molecule has 0 aliphatic rings. The summed E-state index contributed by atoms with van der Waals surface area (Å²) in [6, 6.07) is 51.2. The van der Waals surface area contributed by atoms with Gasteiger partial charge in [-0.1, -0.05) is 72.8 Å². The van der Waals surface area contributed by atoms with Crippen LogP contribution in [-0.2, 0) is 32.7 Å². The van der Waals surface area contributed by atoms with Crippen molar-refractivity contribution in [1.82, 2.24) is 0 Å². The summed E-state index contributed by atoms with van der Waals surface area (Å²) in [6.45, 7) is 0. The first-order valence-corrected chi connectivity index (χ1v) is 12.3. The minimum absolute atomic E-state index is 0. The molecule has 0 bridgehead atoms. The Labute approximate surface area is 240 Å². The molecular weight excluding hydrogens is 521 g/mol. The first kappa shape index (κ1) is 22.6. The standard InChI is InChI=1S/C36H20.Y/c1-2-8-25-16-33-21-30-20-29(13-12-27(30)18-31(33)14-23(25)6-1)35-11-5-10-28-19-32-15-24-7-3-4-9-26(24)17-34(32)22-36(28)35;/h1-10,12,14-22H;/q-2;. The molecule has 8 rings (SSSR count). The Morgan fingerprint density at radius 3 is 1.43 bits per heavy atom. The van der Waals surface area contributed by atoms with E-state index in [4.69, 9.17) is 0 Å². The summed E-state index contributed by atoms with van der Waals surface area (Å²) in [5, 5.41) is 15.0. The zero-order valence-electron chi connectivity index (χ0n) is 20.1. The van der Waals surface area contributed by atoms with Gasteiger partial charge in [-0.05, 0) is 67.4 Å². The van der Waals surface area contributed by atoms with Crippen LogP contribution in [0.25, 0.3) is 75.8 Å². The second kappa shape index (κ2) is 8.77. The van der Waals surface area contributed by atoms with Gasteiger partial charge in [0.15, 0.2) is 0 Å². The summed E-state index contributed by atoms with van der Waals surface area (Å²) in [5.41, 5.74) is 2.18. The zero-order valence-corrected chi connectivity index (χ0v) is 23.0. The molecule has 0 saturated carbocycles. The van der Waals surface area contributed by atoms with Gasteiger partial charge in [0.1, 0.15) is 0 Å². The summed E-state index contributed by atoms with van der Waals surface area (Å²) in [5.74, 6) is 0. The Balaban J connectivity index is 0.00000231. The third-order valence-electron chi connectivity index (χ3n) is 7.49. The topological polar surface area (TPSA) is 0 Å². The monoisotopic (exact) mass is 541 g/mol. The van der Waals surface area contributed by atoms with Crippen LogP contribution in [0.1, 0.15) is 0 Å². The Morgan fingerprint density at radius 1 is 0.378 bits per heavy atom. The van der Waals surface area contributed by atoms with Crippen LogP contribution in [0.5, 0.6) is 0 Å². The van der Waals surface area contributed by atoms with Gasteiger partial charge in [-0.2, -0.15) is 24.3 Å². The maximum absolute atomic E-state index is 3.57. The molecule has 0 aliphatic carbocycles. The molecule has 169 valence electrons. The third kappa shape index (κ3) is 3.75. The van der Waals surface area contributed by atoms with Gasteiger partial charge in [0.25, 0.3) is 0 Å². The van der Waals surface area contributed by atoms with E-state index in [1.54, 1.807) is 0 Å². The van der Waals surface area contributed by atoms with Crippen LogP contribution in [0.2, 0.25) is 0 Å². The Hall–Kier alpha value is -3.58. The van der Waals surface area contributed by atoms with Crippen LogP contribution >= 0.6 is 0 Å². The SMILES string of the molecule is [Y].[c-]1cc2cc3cc4ccccc4cc3cc2cc1-c1[c-]ccc2cc3cc4ccccc4cc3cc12. The van der Waals surface area contributed by atoms with E-state index in [0.29, 0.717) is 0 Å². The van der Waals surface area contributed by atoms with Crippen molar-refractivity contribution in [3.05, 3.63) is 133 Å². The Morgan fingerprint density at radius 2 is 0.838 bits per heavy atom. The molecule has 1 radical (unpaired) electrons. The van der Waals surface area contributed by atoms with Crippen LogP contribution in [0.4, 0.5) is 0 Å². The van der Waals surface area contributed by atoms with Crippen LogP contribution < -0.4 is 0 Å². The van der Waals surface area contributed by atoms with Crippen molar-refractivity contribution >= 4 is 64.6 Å². The average Bonchev–Trinajstić information content (AvgIpc) is 2.92. The molecule has 8 aromatic carbocycles. The summed E-state index contributed by atoms with van der Waals surface area (Å²) in [4.78, 5) is 0. The van der Waals surface area contributed by atoms with Gasteiger partial charge < -0.3 is 0 Å². The normalized spacial score (nSPS) is 11.6. The predicted molar refractivity (Wildman–Crippen MR) is 155 cm³/mol. The minimum atomic E-state index is 0. The molecule has 37 heavy (non-hydrogen) atoms. The maximum Gasteiger partial charge on any atom is 0 e. The average molecular weight is 541 g/mol. The van der Waals surface area contributed by atoms with Crippen LogP contribution in [0.3, 0.4) is 0 Å². The van der Waals surface area contributed by atoms with E-state index in [2.05, 4.69) is 127 Å². The van der Waals surface area contributed by atoms with Crippen molar-refractivity contribution in [3.63, 3.8) is 0 Å². The summed E-state index contributed by atoms with van der Waals surface area (Å²) < 4.78 is 0. The molecule has 0 N–H and O–H groups in total. The molecule has 0 aliphatic heterocycles. The van der Waals surface area contributed by atoms with Crippen LogP contribution in [0.15, 0.2) is 121 Å². The van der Waals surface area contributed by atoms with Gasteiger partial charge in [-0.15, -0.1) is 33.7 Å². The fourth-order valence-electron chi connectivity index (χ4n) is 5.65. The summed E-state index contributed by atoms with van der Waals surface area (Å²) in [7, 11) is 0. The second-order valence-corrected chi connectivity index (χ2v) is 9.71. The van der Waals surface area contributed by atoms with Gasteiger partial charge in [-0.3, -0.25) is 0 Å². The largest absolute Gasteiger partial charge is 0.225 e. The molecule has 1 heteroatoms. The molecule has 0 heterocycles. The fraction of sp³-hybridized carbons (Fsp3) is 0. The van der Waals surface area contributed by atoms with Gasteiger partial charge in [0.05, 0.1) is 0 Å². The first-order valence-electron chi connectivity index (χ1n) is 12.3. The first-order chi connectivity index (χ1) is 17.8. The molecule has 0 atom stereocenters. The van der Waals surface area contributed by atoms with Crippen molar-refractivity contribution < 1.29 is 32.7 Å². The van der Waals surface area contributed by atoms with Crippen molar-refractivity contribution in [2.24, 2.45) is 0 Å². The molecule has 0 fully saturated rings. The van der Waals surface area contributed by atoms with Gasteiger partial charge in [-0.25, -0.2) is 11.1 Å². The molecule has 0 saturated heterocycles. The van der Waals surface area contributed by atoms with Crippen LogP contribution in [0, 0.1) is 12.1 Å². The minimum Gasteiger partial charge on any atom is -0.225 e. The number of hydrogen-bond donors (Lipinski definition) is 0. The molecule has 0 spiro atoms. The molecule has 0 aromatic heterocycles. The van der Waals surface area contributed by atoms with E-state index in [-0.39, 0.29) is 32.7 Å². The second-order valence-electron chi connectivity index (χ2n) is 9.71. The maximum atomic E-state index is 3.57. The van der Waals surface area contributed by atoms with Crippen molar-refractivity contribution in [3.8, 4) is 11.1 Å². The summed E-state index contributed by atoms with van der Waals surface area (Å²) >= 11 is 0. The molecule has 8 aromatic rings. The van der Waals surface area contributed by atoms with Gasteiger partial charge >= 0.3 is 0 Å². The molecule has 0 unspecified atom stereocenters. The van der Waals surface area contributed by atoms with Crippen LogP contribution in [-0.4, -0.2) is 0 Å². The molecule has 0 amide bonds. The van der Waals surface area contributed by atoms with E-state index >= 15 is 0 Å². The van der Waals surface area contributed by atoms with Crippen molar-refractivity contribution in [1.29, 1.82) is 0 Å². The third-order valence-corrected chi connectivity index (χ3v) is 7.49. The Bertz CT molecular complexity index is 2150. The number of benzene rings is 8. The zero-order chi connectivity index (χ0) is 23.6. The Kier molecular flexibility index (Phi) is 5.36. The molecule has 0 nitrogen and oxygen atoms in total. The summed E-state index contributed by atoms with van der Waals surface area (Å²) in [6.07, 6.45) is 0. The van der Waals surface area contributed by atoms with E-state index in [9.17, 15) is 0 Å². The quantitative estimate of drug-likeness (QED) is 0.143. The number of rotatable bonds is 1. The van der Waals surface area contributed by atoms with E-state index < -0.39 is 0 Å². The smallest absolute Gasteiger partial charge is 0 e. The van der Waals surface area contributed by atoms with Crippen molar-refractivity contribution in [2.75, 3.05) is 0 Å². The van der Waals surface area contributed by atoms with E-state index in [1.165, 1.54) is 64.6 Å². The predicted octanol–water partition coefficient (Wildman–Crippen LogP) is 9.87. The van der Waals surface area contributed by atoms with Gasteiger partial charge in [0.2, 0.25) is 0 Å². The fourth-order valence-corrected chi connectivity index (χ4v) is 5.65. The van der Waals surface area contributed by atoms with Gasteiger partial charge in [0, 0.05) is 32.7 Å². The van der Waals surface area contributed by atoms with E-state index in [1.807, 2.05) is 6.07 Å². The molecular formula is C36H20Y-2.